The summed E-state index contributed by atoms with van der Waals surface area (Å²) in [4.78, 5) is 11.2. The first-order chi connectivity index (χ1) is 7.22. The summed E-state index contributed by atoms with van der Waals surface area (Å²) in [7, 11) is 0. The molecule has 1 heterocycles. The molecule has 0 aromatic carbocycles. The molecule has 0 unspecified atom stereocenters. The molecule has 3 aliphatic rings. The Morgan fingerprint density at radius 1 is 1.53 bits per heavy atom. The maximum absolute atomic E-state index is 11.2. The molecule has 0 aromatic rings. The van der Waals surface area contributed by atoms with Crippen LogP contribution in [-0.2, 0) is 10.9 Å². The third-order valence-electron chi connectivity index (χ3n) is 3.32. The molecule has 15 heavy (non-hydrogen) atoms. The first-order valence-corrected chi connectivity index (χ1v) is 6.62. The quantitative estimate of drug-likeness (QED) is 0.636. The van der Waals surface area contributed by atoms with Crippen molar-refractivity contribution >= 4 is 5.97 Å². The zero-order chi connectivity index (χ0) is 10.5. The van der Waals surface area contributed by atoms with Crippen LogP contribution in [0.4, 0.5) is 0 Å². The summed E-state index contributed by atoms with van der Waals surface area (Å²) in [6.07, 6.45) is 6.11. The van der Waals surface area contributed by atoms with Crippen molar-refractivity contribution in [3.05, 3.63) is 23.7 Å². The Hall–Kier alpha value is -0.720. The summed E-state index contributed by atoms with van der Waals surface area (Å²) in [6, 6.07) is 0. The normalized spacial score (nSPS) is 31.1. The predicted molar refractivity (Wildman–Crippen MR) is 45.7 cm³/mol. The molecule has 0 saturated heterocycles. The van der Waals surface area contributed by atoms with Crippen LogP contribution in [0, 0.1) is 11.3 Å². The number of aliphatic carboxylic acids is 1. The van der Waals surface area contributed by atoms with Gasteiger partial charge in [0.1, 0.15) is 0 Å². The summed E-state index contributed by atoms with van der Waals surface area (Å²) < 4.78 is 10.7. The third-order valence-corrected chi connectivity index (χ3v) is 4.69. The first-order valence-electron chi connectivity index (χ1n) is 4.86. The van der Waals surface area contributed by atoms with Crippen molar-refractivity contribution in [3.8, 4) is 0 Å². The van der Waals surface area contributed by atoms with E-state index in [1.807, 2.05) is 12.2 Å². The van der Waals surface area contributed by atoms with E-state index in [2.05, 4.69) is 0 Å². The zero-order valence-electron chi connectivity index (χ0n) is 7.90. The molecule has 0 amide bonds. The summed E-state index contributed by atoms with van der Waals surface area (Å²) in [5.74, 6) is 1.09. The van der Waals surface area contributed by atoms with E-state index >= 15 is 0 Å². The fourth-order valence-electron chi connectivity index (χ4n) is 2.15. The van der Waals surface area contributed by atoms with E-state index in [9.17, 15) is 9.90 Å². The van der Waals surface area contributed by atoms with Gasteiger partial charge in [0.25, 0.3) is 0 Å². The van der Waals surface area contributed by atoms with Gasteiger partial charge in [0.15, 0.2) is 0 Å². The fraction of sp³-hybridized carbons (Fsp3) is 0.500. The summed E-state index contributed by atoms with van der Waals surface area (Å²) >= 11 is -0.635. The van der Waals surface area contributed by atoms with Crippen molar-refractivity contribution in [1.82, 2.24) is 0 Å². The van der Waals surface area contributed by atoms with Gasteiger partial charge in [-0.1, -0.05) is 0 Å². The molecule has 0 spiro atoms. The van der Waals surface area contributed by atoms with Crippen molar-refractivity contribution in [2.75, 3.05) is 0 Å². The van der Waals surface area contributed by atoms with Crippen molar-refractivity contribution in [1.29, 1.82) is 0 Å². The van der Waals surface area contributed by atoms with Crippen molar-refractivity contribution < 1.29 is 38.1 Å². The molecule has 1 fully saturated rings. The fourth-order valence-corrected chi connectivity index (χ4v) is 3.44. The van der Waals surface area contributed by atoms with E-state index in [1.54, 1.807) is 0 Å². The number of allylic oxidation sites excluding steroid dienone is 3. The maximum atomic E-state index is 11.2. The number of rotatable bonds is 2. The molecule has 1 N–H and O–H groups in total. The van der Waals surface area contributed by atoms with Crippen LogP contribution in [-0.4, -0.2) is 11.1 Å². The molecule has 1 aliphatic heterocycles. The van der Waals surface area contributed by atoms with Crippen molar-refractivity contribution in [2.45, 2.75) is 19.3 Å². The van der Waals surface area contributed by atoms with E-state index in [-0.39, 0.29) is 5.92 Å². The minimum absolute atomic E-state index is 0.0828. The standard InChI is InChI=1S/C10H10IO4/c12-9(13)10(3-4-10)6-1-2-7-8(5-6)15-11-14-7/h1-2,6H,3-5H2,(H,12,13)/q-1/t6-/m0/s1. The molecule has 2 aliphatic carbocycles. The van der Waals surface area contributed by atoms with E-state index in [0.29, 0.717) is 6.42 Å². The molecule has 3 rings (SSSR count). The molecule has 0 radical (unpaired) electrons. The second-order valence-corrected chi connectivity index (χ2v) is 5.38. The number of carboxylic acids is 1. The molecule has 0 bridgehead atoms. The SMILES string of the molecule is O=C(O)C1([C@H]2C=CC3=C(C2)O[I-]O3)CC1. The van der Waals surface area contributed by atoms with Gasteiger partial charge in [-0.05, 0) is 0 Å². The van der Waals surface area contributed by atoms with E-state index < -0.39 is 33.4 Å². The van der Waals surface area contributed by atoms with Crippen LogP contribution < -0.4 is 22.0 Å². The molecule has 1 saturated carbocycles. The van der Waals surface area contributed by atoms with Gasteiger partial charge < -0.3 is 0 Å². The van der Waals surface area contributed by atoms with Gasteiger partial charge in [-0.15, -0.1) is 0 Å². The van der Waals surface area contributed by atoms with Gasteiger partial charge in [-0.25, -0.2) is 0 Å². The van der Waals surface area contributed by atoms with Gasteiger partial charge in [0.2, 0.25) is 0 Å². The summed E-state index contributed by atoms with van der Waals surface area (Å²) in [6.45, 7) is 0. The van der Waals surface area contributed by atoms with Gasteiger partial charge in [0, 0.05) is 0 Å². The number of carboxylic acid groups (broad SMARTS) is 1. The van der Waals surface area contributed by atoms with Crippen molar-refractivity contribution in [3.63, 3.8) is 0 Å². The molecule has 82 valence electrons. The van der Waals surface area contributed by atoms with Crippen LogP contribution in [0.1, 0.15) is 19.3 Å². The predicted octanol–water partition coefficient (Wildman–Crippen LogP) is -1.40. The third kappa shape index (κ3) is 1.36. The van der Waals surface area contributed by atoms with E-state index in [0.717, 1.165) is 24.4 Å². The number of halogens is 1. The Balaban J connectivity index is 1.82. The molecule has 0 aromatic heterocycles. The number of hydrogen-bond donors (Lipinski definition) is 1. The monoisotopic (exact) mass is 321 g/mol. The first kappa shape index (κ1) is 9.50. The van der Waals surface area contributed by atoms with Gasteiger partial charge in [-0.2, -0.15) is 0 Å². The van der Waals surface area contributed by atoms with Crippen molar-refractivity contribution in [2.24, 2.45) is 11.3 Å². The second kappa shape index (κ2) is 3.13. The van der Waals surface area contributed by atoms with Crippen LogP contribution in [0.2, 0.25) is 0 Å². The second-order valence-electron chi connectivity index (χ2n) is 4.14. The van der Waals surface area contributed by atoms with Crippen LogP contribution in [0.25, 0.3) is 0 Å². The molecule has 5 heteroatoms. The Morgan fingerprint density at radius 3 is 3.00 bits per heavy atom. The number of hydrogen-bond acceptors (Lipinski definition) is 3. The minimum atomic E-state index is -0.671. The van der Waals surface area contributed by atoms with Gasteiger partial charge in [0.05, 0.1) is 0 Å². The molecule has 4 nitrogen and oxygen atoms in total. The van der Waals surface area contributed by atoms with Crippen LogP contribution in [0.5, 0.6) is 0 Å². The van der Waals surface area contributed by atoms with Gasteiger partial charge >= 0.3 is 98.3 Å². The van der Waals surface area contributed by atoms with Crippen LogP contribution in [0.3, 0.4) is 0 Å². The molecule has 1 atom stereocenters. The zero-order valence-corrected chi connectivity index (χ0v) is 10.1. The topological polar surface area (TPSA) is 55.8 Å². The Morgan fingerprint density at radius 2 is 2.33 bits per heavy atom. The summed E-state index contributed by atoms with van der Waals surface area (Å²) in [5, 5.41) is 9.18. The molecular weight excluding hydrogens is 311 g/mol. The van der Waals surface area contributed by atoms with Gasteiger partial charge in [-0.3, -0.25) is 0 Å². The van der Waals surface area contributed by atoms with E-state index in [4.69, 9.17) is 6.13 Å². The van der Waals surface area contributed by atoms with E-state index in [1.165, 1.54) is 0 Å². The average molecular weight is 321 g/mol. The Bertz CT molecular complexity index is 381. The Kier molecular flexibility index (Phi) is 1.99. The molecular formula is C10H10IO4-. The summed E-state index contributed by atoms with van der Waals surface area (Å²) in [5.41, 5.74) is -0.515. The van der Waals surface area contributed by atoms with Crippen LogP contribution >= 0.6 is 0 Å². The number of carbonyl (C=O) groups is 1. The van der Waals surface area contributed by atoms with Crippen LogP contribution in [0.15, 0.2) is 23.7 Å². The Labute approximate surface area is 98.3 Å². The average Bonchev–Trinajstić information content (AvgIpc) is 2.91.